The fourth-order valence-corrected chi connectivity index (χ4v) is 3.52. The van der Waals surface area contributed by atoms with Gasteiger partial charge in [-0.25, -0.2) is 0 Å². The first kappa shape index (κ1) is 25.7. The molecule has 0 aromatic heterocycles. The van der Waals surface area contributed by atoms with Crippen LogP contribution in [0.25, 0.3) is 0 Å². The second-order valence-corrected chi connectivity index (χ2v) is 7.75. The van der Waals surface area contributed by atoms with Crippen LogP contribution in [-0.4, -0.2) is 68.0 Å². The molecule has 0 saturated carbocycles. The second kappa shape index (κ2) is 13.8. The van der Waals surface area contributed by atoms with Gasteiger partial charge in [-0.1, -0.05) is 30.3 Å². The normalized spacial score (nSPS) is 16.3. The van der Waals surface area contributed by atoms with Crippen molar-refractivity contribution in [2.45, 2.75) is 45.7 Å². The van der Waals surface area contributed by atoms with Crippen LogP contribution in [0.1, 0.15) is 38.7 Å². The van der Waals surface area contributed by atoms with Gasteiger partial charge in [-0.2, -0.15) is 0 Å². The highest BCUT2D eigenvalue weighted by Crippen LogP contribution is 2.20. The van der Waals surface area contributed by atoms with Gasteiger partial charge in [0, 0.05) is 45.7 Å². The number of nitrogens with zero attached hydrogens (tertiary/aromatic N) is 3. The lowest BCUT2D eigenvalue weighted by Gasteiger charge is -2.34. The predicted octanol–water partition coefficient (Wildman–Crippen LogP) is 2.94. The number of nitrogens with one attached hydrogen (secondary N) is 2. The molecule has 7 heteroatoms. The Morgan fingerprint density at radius 2 is 1.93 bits per heavy atom. The van der Waals surface area contributed by atoms with Crippen molar-refractivity contribution in [3.8, 4) is 0 Å². The van der Waals surface area contributed by atoms with Crippen LogP contribution >= 0.6 is 24.0 Å². The molecule has 1 saturated heterocycles. The highest BCUT2D eigenvalue weighted by Gasteiger charge is 2.23. The number of likely N-dealkylation sites (tertiary alicyclic amines) is 1. The van der Waals surface area contributed by atoms with Crippen molar-refractivity contribution in [1.29, 1.82) is 0 Å². The number of hydrogen-bond acceptors (Lipinski definition) is 3. The second-order valence-electron chi connectivity index (χ2n) is 7.75. The molecule has 1 atom stereocenters. The van der Waals surface area contributed by atoms with Crippen molar-refractivity contribution in [2.24, 2.45) is 10.9 Å². The molecule has 1 aliphatic rings. The van der Waals surface area contributed by atoms with E-state index < -0.39 is 0 Å². The number of carbonyl (C=O) groups is 1. The number of halogens is 1. The van der Waals surface area contributed by atoms with E-state index in [-0.39, 0.29) is 29.9 Å². The molecule has 6 nitrogen and oxygen atoms in total. The van der Waals surface area contributed by atoms with Crippen LogP contribution in [-0.2, 0) is 11.3 Å². The molecule has 1 unspecified atom stereocenters. The van der Waals surface area contributed by atoms with Crippen LogP contribution in [0.3, 0.4) is 0 Å². The number of hydrogen-bond donors (Lipinski definition) is 2. The zero-order valence-electron chi connectivity index (χ0n) is 18.4. The van der Waals surface area contributed by atoms with Crippen LogP contribution in [0, 0.1) is 5.92 Å². The first-order valence-corrected chi connectivity index (χ1v) is 10.5. The number of rotatable bonds is 8. The summed E-state index contributed by atoms with van der Waals surface area (Å²) in [5.74, 6) is 1.63. The number of likely N-dealkylation sites (N-methyl/N-ethyl adjacent to an activating group) is 1. The van der Waals surface area contributed by atoms with Crippen LogP contribution in [0.4, 0.5) is 0 Å². The van der Waals surface area contributed by atoms with E-state index in [9.17, 15) is 4.79 Å². The Kier molecular flexibility index (Phi) is 12.2. The molecule has 0 radical (unpaired) electrons. The van der Waals surface area contributed by atoms with Gasteiger partial charge < -0.3 is 15.5 Å². The maximum absolute atomic E-state index is 11.6. The van der Waals surface area contributed by atoms with Gasteiger partial charge in [0.1, 0.15) is 0 Å². The average Bonchev–Trinajstić information content (AvgIpc) is 2.72. The fourth-order valence-electron chi connectivity index (χ4n) is 3.52. The zero-order valence-corrected chi connectivity index (χ0v) is 20.7. The lowest BCUT2D eigenvalue weighted by atomic mass is 9.93. The van der Waals surface area contributed by atoms with E-state index in [4.69, 9.17) is 4.99 Å². The third kappa shape index (κ3) is 8.90. The van der Waals surface area contributed by atoms with Crippen LogP contribution in [0.15, 0.2) is 35.3 Å². The molecule has 2 N–H and O–H groups in total. The van der Waals surface area contributed by atoms with Gasteiger partial charge in [0.15, 0.2) is 5.96 Å². The quantitative estimate of drug-likeness (QED) is 0.318. The summed E-state index contributed by atoms with van der Waals surface area (Å²) in [5, 5.41) is 6.18. The lowest BCUT2D eigenvalue weighted by molar-refractivity contribution is -0.121. The Labute approximate surface area is 193 Å². The number of guanidine groups is 1. The first-order chi connectivity index (χ1) is 13.5. The van der Waals surface area contributed by atoms with E-state index in [2.05, 4.69) is 71.7 Å². The molecule has 1 amide bonds. The summed E-state index contributed by atoms with van der Waals surface area (Å²) in [5.41, 5.74) is 1.32. The Hall–Kier alpha value is -1.35. The van der Waals surface area contributed by atoms with Gasteiger partial charge in [-0.15, -0.1) is 24.0 Å². The summed E-state index contributed by atoms with van der Waals surface area (Å²) in [4.78, 5) is 21.2. The highest BCUT2D eigenvalue weighted by atomic mass is 127. The molecule has 1 fully saturated rings. The molecule has 0 spiro atoms. The summed E-state index contributed by atoms with van der Waals surface area (Å²) >= 11 is 0. The van der Waals surface area contributed by atoms with Gasteiger partial charge in [0.05, 0.1) is 6.54 Å². The molecule has 2 rings (SSSR count). The van der Waals surface area contributed by atoms with Gasteiger partial charge in [-0.05, 0) is 45.2 Å². The van der Waals surface area contributed by atoms with Gasteiger partial charge in [0.2, 0.25) is 5.91 Å². The minimum Gasteiger partial charge on any atom is -0.359 e. The van der Waals surface area contributed by atoms with Crippen molar-refractivity contribution >= 4 is 35.8 Å². The van der Waals surface area contributed by atoms with Crippen molar-refractivity contribution in [3.05, 3.63) is 35.9 Å². The SMILES string of the molecule is CCNC(=NCC(C)N(C)Cc1ccccc1)N1CCC(CC(=O)NC)CC1.I. The molecule has 0 aliphatic carbocycles. The lowest BCUT2D eigenvalue weighted by Crippen LogP contribution is -2.46. The van der Waals surface area contributed by atoms with Crippen LogP contribution in [0.5, 0.6) is 0 Å². The average molecular weight is 515 g/mol. The van der Waals surface area contributed by atoms with Gasteiger partial charge in [0.25, 0.3) is 0 Å². The molecule has 1 aliphatic heterocycles. The van der Waals surface area contributed by atoms with E-state index in [0.29, 0.717) is 18.4 Å². The number of benzene rings is 1. The standard InChI is InChI=1S/C22H37N5O.HI/c1-5-24-22(27-13-11-19(12-14-27)15-21(28)23-3)25-16-18(2)26(4)17-20-9-7-6-8-10-20;/h6-10,18-19H,5,11-17H2,1-4H3,(H,23,28)(H,24,25);1H. The number of aliphatic imine (C=N–C) groups is 1. The molecule has 164 valence electrons. The smallest absolute Gasteiger partial charge is 0.220 e. The minimum absolute atomic E-state index is 0. The first-order valence-electron chi connectivity index (χ1n) is 10.5. The third-order valence-electron chi connectivity index (χ3n) is 5.53. The van der Waals surface area contributed by atoms with Crippen molar-refractivity contribution in [1.82, 2.24) is 20.4 Å². The zero-order chi connectivity index (χ0) is 20.4. The minimum atomic E-state index is 0. The summed E-state index contributed by atoms with van der Waals surface area (Å²) in [6, 6.07) is 10.9. The number of amides is 1. The Morgan fingerprint density at radius 3 is 2.52 bits per heavy atom. The topological polar surface area (TPSA) is 60.0 Å². The van der Waals surface area contributed by atoms with Gasteiger partial charge in [-0.3, -0.25) is 14.7 Å². The van der Waals surface area contributed by atoms with Crippen LogP contribution in [0.2, 0.25) is 0 Å². The maximum Gasteiger partial charge on any atom is 0.220 e. The molecule has 29 heavy (non-hydrogen) atoms. The van der Waals surface area contributed by atoms with E-state index >= 15 is 0 Å². The molecule has 1 aromatic carbocycles. The van der Waals surface area contributed by atoms with Crippen molar-refractivity contribution in [3.63, 3.8) is 0 Å². The van der Waals surface area contributed by atoms with Crippen molar-refractivity contribution in [2.75, 3.05) is 40.3 Å². The van der Waals surface area contributed by atoms with E-state index in [1.807, 2.05) is 0 Å². The molecular weight excluding hydrogens is 477 g/mol. The number of piperidine rings is 1. The Morgan fingerprint density at radius 1 is 1.28 bits per heavy atom. The maximum atomic E-state index is 11.6. The van der Waals surface area contributed by atoms with E-state index in [1.54, 1.807) is 7.05 Å². The monoisotopic (exact) mass is 515 g/mol. The Balaban J connectivity index is 0.00000420. The summed E-state index contributed by atoms with van der Waals surface area (Å²) in [6.45, 7) is 8.82. The Bertz CT molecular complexity index is 617. The van der Waals surface area contributed by atoms with E-state index in [0.717, 1.165) is 51.5 Å². The number of carbonyl (C=O) groups excluding carboxylic acids is 1. The van der Waals surface area contributed by atoms with E-state index in [1.165, 1.54) is 5.56 Å². The summed E-state index contributed by atoms with van der Waals surface area (Å²) in [7, 11) is 3.87. The molecule has 1 heterocycles. The summed E-state index contributed by atoms with van der Waals surface area (Å²) < 4.78 is 0. The van der Waals surface area contributed by atoms with Gasteiger partial charge >= 0.3 is 0 Å². The highest BCUT2D eigenvalue weighted by molar-refractivity contribution is 14.0. The molecular formula is C22H38IN5O. The molecule has 0 bridgehead atoms. The summed E-state index contributed by atoms with van der Waals surface area (Å²) in [6.07, 6.45) is 2.72. The molecule has 1 aromatic rings. The van der Waals surface area contributed by atoms with Crippen LogP contribution < -0.4 is 10.6 Å². The largest absolute Gasteiger partial charge is 0.359 e. The predicted molar refractivity (Wildman–Crippen MR) is 132 cm³/mol. The third-order valence-corrected chi connectivity index (χ3v) is 5.53. The van der Waals surface area contributed by atoms with Crippen molar-refractivity contribution < 1.29 is 4.79 Å². The fraction of sp³-hybridized carbons (Fsp3) is 0.636.